The number of nitrogens with zero attached hydrogens (tertiary/aromatic N) is 6. The van der Waals surface area contributed by atoms with Crippen LogP contribution in [0, 0.1) is 16.1 Å². The number of piperazine rings is 1. The van der Waals surface area contributed by atoms with E-state index in [-0.39, 0.29) is 0 Å². The molecule has 2 aromatic heterocycles. The van der Waals surface area contributed by atoms with Gasteiger partial charge in [0, 0.05) is 38.9 Å². The largest absolute Gasteiger partial charge is 0.354 e. The zero-order chi connectivity index (χ0) is 22.6. The normalized spacial score (nSPS) is 14.5. The Labute approximate surface area is 198 Å². The highest BCUT2D eigenvalue weighted by Gasteiger charge is 2.20. The molecule has 1 saturated heterocycles. The lowest BCUT2D eigenvalue weighted by Gasteiger charge is -2.35. The highest BCUT2D eigenvalue weighted by atomic mass is 32.1. The van der Waals surface area contributed by atoms with Crippen LogP contribution in [0.3, 0.4) is 0 Å². The van der Waals surface area contributed by atoms with Crippen LogP contribution in [0.1, 0.15) is 11.1 Å². The Morgan fingerprint density at radius 1 is 0.879 bits per heavy atom. The van der Waals surface area contributed by atoms with E-state index in [1.165, 1.54) is 16.6 Å². The first-order valence-electron chi connectivity index (χ1n) is 11.3. The first-order chi connectivity index (χ1) is 16.2. The van der Waals surface area contributed by atoms with Gasteiger partial charge in [0.05, 0.1) is 29.3 Å². The molecule has 1 aliphatic heterocycles. The topological polar surface area (TPSA) is 53.0 Å². The third-order valence-corrected chi connectivity index (χ3v) is 6.75. The summed E-state index contributed by atoms with van der Waals surface area (Å²) in [5, 5.41) is 9.16. The van der Waals surface area contributed by atoms with Crippen LogP contribution in [0.15, 0.2) is 72.9 Å². The SMILES string of the molecule is N#Cc1ccnc(N2CCN(Cn3c(=S)n(CCc4ccccc4)c4ccccc43)CC2)c1. The summed E-state index contributed by atoms with van der Waals surface area (Å²) in [5.74, 6) is 0.878. The number of rotatable bonds is 6. The molecular weight excluding hydrogens is 428 g/mol. The second-order valence-electron chi connectivity index (χ2n) is 8.35. The molecule has 166 valence electrons. The lowest BCUT2D eigenvalue weighted by molar-refractivity contribution is 0.207. The third-order valence-electron chi connectivity index (χ3n) is 6.30. The van der Waals surface area contributed by atoms with Gasteiger partial charge in [0.1, 0.15) is 5.82 Å². The van der Waals surface area contributed by atoms with Crippen LogP contribution >= 0.6 is 12.2 Å². The molecule has 0 aliphatic carbocycles. The standard InChI is InChI=1S/C26H26N6S/c27-19-22-10-12-28-25(18-22)30-16-14-29(15-17-30)20-32-24-9-5-4-8-23(24)31(26(32)33)13-11-21-6-2-1-3-7-21/h1-10,12,18H,11,13-17,20H2. The Morgan fingerprint density at radius 2 is 1.58 bits per heavy atom. The molecule has 0 N–H and O–H groups in total. The second-order valence-corrected chi connectivity index (χ2v) is 8.71. The molecule has 0 saturated carbocycles. The van der Waals surface area contributed by atoms with Gasteiger partial charge in [0.2, 0.25) is 0 Å². The summed E-state index contributed by atoms with van der Waals surface area (Å²) in [6.45, 7) is 5.24. The molecule has 6 nitrogen and oxygen atoms in total. The molecule has 4 aromatic rings. The van der Waals surface area contributed by atoms with Crippen molar-refractivity contribution in [2.75, 3.05) is 31.1 Å². The summed E-state index contributed by atoms with van der Waals surface area (Å²) >= 11 is 5.95. The van der Waals surface area contributed by atoms with E-state index >= 15 is 0 Å². The molecule has 3 heterocycles. The number of para-hydroxylation sites is 2. The highest BCUT2D eigenvalue weighted by molar-refractivity contribution is 7.71. The van der Waals surface area contributed by atoms with Crippen LogP contribution in [-0.4, -0.2) is 45.2 Å². The number of aromatic nitrogens is 3. The zero-order valence-electron chi connectivity index (χ0n) is 18.5. The highest BCUT2D eigenvalue weighted by Crippen LogP contribution is 2.21. The first-order valence-corrected chi connectivity index (χ1v) is 11.7. The van der Waals surface area contributed by atoms with Crippen molar-refractivity contribution in [3.8, 4) is 6.07 Å². The molecule has 0 bridgehead atoms. The summed E-state index contributed by atoms with van der Waals surface area (Å²) < 4.78 is 5.41. The van der Waals surface area contributed by atoms with Gasteiger partial charge in [-0.05, 0) is 48.5 Å². The van der Waals surface area contributed by atoms with Gasteiger partial charge in [-0.2, -0.15) is 5.26 Å². The molecule has 2 aromatic carbocycles. The fourth-order valence-electron chi connectivity index (χ4n) is 4.49. The predicted octanol–water partition coefficient (Wildman–Crippen LogP) is 4.46. The Balaban J connectivity index is 1.32. The average molecular weight is 455 g/mol. The van der Waals surface area contributed by atoms with E-state index in [2.05, 4.69) is 84.6 Å². The molecule has 0 spiro atoms. The van der Waals surface area contributed by atoms with Crippen molar-refractivity contribution < 1.29 is 0 Å². The van der Waals surface area contributed by atoms with Crippen molar-refractivity contribution in [2.24, 2.45) is 0 Å². The van der Waals surface area contributed by atoms with Gasteiger partial charge in [0.25, 0.3) is 0 Å². The Bertz CT molecular complexity index is 1340. The van der Waals surface area contributed by atoms with E-state index in [1.54, 1.807) is 12.3 Å². The van der Waals surface area contributed by atoms with Crippen molar-refractivity contribution in [2.45, 2.75) is 19.6 Å². The van der Waals surface area contributed by atoms with Crippen LogP contribution < -0.4 is 4.90 Å². The van der Waals surface area contributed by atoms with Crippen molar-refractivity contribution in [1.82, 2.24) is 19.0 Å². The molecule has 1 fully saturated rings. The number of aryl methyl sites for hydroxylation is 2. The quantitative estimate of drug-likeness (QED) is 0.403. The van der Waals surface area contributed by atoms with Gasteiger partial charge in [-0.1, -0.05) is 42.5 Å². The van der Waals surface area contributed by atoms with Crippen molar-refractivity contribution in [1.29, 1.82) is 5.26 Å². The van der Waals surface area contributed by atoms with Crippen LogP contribution in [0.25, 0.3) is 11.0 Å². The van der Waals surface area contributed by atoms with E-state index in [0.717, 1.165) is 56.4 Å². The van der Waals surface area contributed by atoms with Crippen LogP contribution in [0.4, 0.5) is 5.82 Å². The van der Waals surface area contributed by atoms with Gasteiger partial charge in [-0.25, -0.2) is 4.98 Å². The molecular formula is C26H26N6S. The number of hydrogen-bond acceptors (Lipinski definition) is 5. The van der Waals surface area contributed by atoms with Crippen LogP contribution in [0.2, 0.25) is 0 Å². The predicted molar refractivity (Wildman–Crippen MR) is 134 cm³/mol. The summed E-state index contributed by atoms with van der Waals surface area (Å²) in [6.07, 6.45) is 2.67. The minimum Gasteiger partial charge on any atom is -0.354 e. The molecule has 0 radical (unpaired) electrons. The maximum Gasteiger partial charge on any atom is 0.181 e. The molecule has 33 heavy (non-hydrogen) atoms. The van der Waals surface area contributed by atoms with Gasteiger partial charge in [-0.3, -0.25) is 4.90 Å². The smallest absolute Gasteiger partial charge is 0.181 e. The molecule has 0 unspecified atom stereocenters. The van der Waals surface area contributed by atoms with Gasteiger partial charge in [-0.15, -0.1) is 0 Å². The Hall–Kier alpha value is -3.47. The molecule has 0 atom stereocenters. The molecule has 0 amide bonds. The summed E-state index contributed by atoms with van der Waals surface area (Å²) in [5.41, 5.74) is 4.34. The molecule has 7 heteroatoms. The lowest BCUT2D eigenvalue weighted by Crippen LogP contribution is -2.47. The van der Waals surface area contributed by atoms with E-state index in [0.29, 0.717) is 5.56 Å². The van der Waals surface area contributed by atoms with E-state index < -0.39 is 0 Å². The number of nitriles is 1. The van der Waals surface area contributed by atoms with E-state index in [9.17, 15) is 0 Å². The van der Waals surface area contributed by atoms with E-state index in [1.807, 2.05) is 6.07 Å². The maximum absolute atomic E-state index is 9.16. The number of pyridine rings is 1. The van der Waals surface area contributed by atoms with Gasteiger partial charge >= 0.3 is 0 Å². The van der Waals surface area contributed by atoms with Crippen molar-refractivity contribution >= 4 is 29.1 Å². The number of benzene rings is 2. The van der Waals surface area contributed by atoms with E-state index in [4.69, 9.17) is 17.5 Å². The first kappa shape index (κ1) is 21.4. The average Bonchev–Trinajstić information content (AvgIpc) is 3.14. The summed E-state index contributed by atoms with van der Waals surface area (Å²) in [4.78, 5) is 9.14. The maximum atomic E-state index is 9.16. The summed E-state index contributed by atoms with van der Waals surface area (Å²) in [7, 11) is 0. The lowest BCUT2D eigenvalue weighted by atomic mass is 10.1. The number of fused-ring (bicyclic) bond motifs is 1. The second kappa shape index (κ2) is 9.57. The fourth-order valence-corrected chi connectivity index (χ4v) is 4.84. The number of imidazole rings is 1. The van der Waals surface area contributed by atoms with Gasteiger partial charge < -0.3 is 14.0 Å². The minimum atomic E-state index is 0.650. The summed E-state index contributed by atoms with van der Waals surface area (Å²) in [6, 6.07) is 24.9. The van der Waals surface area contributed by atoms with Crippen molar-refractivity contribution in [3.63, 3.8) is 0 Å². The Morgan fingerprint density at radius 3 is 2.30 bits per heavy atom. The molecule has 1 aliphatic rings. The van der Waals surface area contributed by atoms with Gasteiger partial charge in [0.15, 0.2) is 4.77 Å². The van der Waals surface area contributed by atoms with Crippen molar-refractivity contribution in [3.05, 3.63) is 88.8 Å². The number of hydrogen-bond donors (Lipinski definition) is 0. The zero-order valence-corrected chi connectivity index (χ0v) is 19.3. The van der Waals surface area contributed by atoms with Crippen LogP contribution in [0.5, 0.6) is 0 Å². The number of anilines is 1. The Kier molecular flexibility index (Phi) is 6.20. The molecule has 5 rings (SSSR count). The minimum absolute atomic E-state index is 0.650. The fraction of sp³-hybridized carbons (Fsp3) is 0.269. The van der Waals surface area contributed by atoms with Crippen LogP contribution in [-0.2, 0) is 19.6 Å². The monoisotopic (exact) mass is 454 g/mol. The third kappa shape index (κ3) is 4.54.